The lowest BCUT2D eigenvalue weighted by atomic mass is 10.3. The van der Waals surface area contributed by atoms with Crippen LogP contribution in [-0.2, 0) is 14.8 Å². The third-order valence-electron chi connectivity index (χ3n) is 1.99. The molecule has 1 aromatic rings. The minimum Gasteiger partial charge on any atom is -0.399 e. The smallest absolute Gasteiger partial charge is 0.240 e. The Morgan fingerprint density at radius 2 is 2.00 bits per heavy atom. The SMILES string of the molecule is CC(=O)NCCNS(=O)(=O)c1cc(N)cc(F)c1. The number of sulfonamides is 1. The second-order valence-electron chi connectivity index (χ2n) is 3.60. The summed E-state index contributed by atoms with van der Waals surface area (Å²) in [5, 5.41) is 2.43. The number of nitrogens with one attached hydrogen (secondary N) is 2. The molecule has 0 fully saturated rings. The Balaban J connectivity index is 2.71. The highest BCUT2D eigenvalue weighted by molar-refractivity contribution is 7.89. The number of nitrogen functional groups attached to an aromatic ring is 1. The fourth-order valence-corrected chi connectivity index (χ4v) is 2.34. The topological polar surface area (TPSA) is 101 Å². The molecule has 1 rings (SSSR count). The van der Waals surface area contributed by atoms with Crippen LogP contribution in [0.25, 0.3) is 0 Å². The van der Waals surface area contributed by atoms with Gasteiger partial charge in [0, 0.05) is 25.7 Å². The van der Waals surface area contributed by atoms with Gasteiger partial charge in [-0.2, -0.15) is 0 Å². The lowest BCUT2D eigenvalue weighted by molar-refractivity contribution is -0.118. The van der Waals surface area contributed by atoms with Gasteiger partial charge in [-0.15, -0.1) is 0 Å². The Kier molecular flexibility index (Phi) is 4.62. The van der Waals surface area contributed by atoms with Crippen LogP contribution in [0.2, 0.25) is 0 Å². The number of halogens is 1. The minimum atomic E-state index is -3.82. The van der Waals surface area contributed by atoms with E-state index in [1.54, 1.807) is 0 Å². The standard InChI is InChI=1S/C10H14FN3O3S/c1-7(15)13-2-3-14-18(16,17)10-5-8(11)4-9(12)6-10/h4-6,14H,2-3,12H2,1H3,(H,13,15). The molecule has 0 aliphatic heterocycles. The summed E-state index contributed by atoms with van der Waals surface area (Å²) < 4.78 is 38.7. The summed E-state index contributed by atoms with van der Waals surface area (Å²) in [6.07, 6.45) is 0. The van der Waals surface area contributed by atoms with Gasteiger partial charge in [-0.25, -0.2) is 17.5 Å². The zero-order valence-corrected chi connectivity index (χ0v) is 10.6. The van der Waals surface area contributed by atoms with Crippen molar-refractivity contribution >= 4 is 21.6 Å². The predicted octanol–water partition coefficient (Wildman–Crippen LogP) is -0.178. The Morgan fingerprint density at radius 1 is 1.33 bits per heavy atom. The van der Waals surface area contributed by atoms with Gasteiger partial charge >= 0.3 is 0 Å². The molecule has 18 heavy (non-hydrogen) atoms. The van der Waals surface area contributed by atoms with Crippen LogP contribution in [0, 0.1) is 5.82 Å². The molecule has 8 heteroatoms. The van der Waals surface area contributed by atoms with Gasteiger partial charge in [-0.05, 0) is 18.2 Å². The van der Waals surface area contributed by atoms with Crippen LogP contribution >= 0.6 is 0 Å². The van der Waals surface area contributed by atoms with E-state index in [1.165, 1.54) is 6.92 Å². The number of hydrogen-bond donors (Lipinski definition) is 3. The van der Waals surface area contributed by atoms with Crippen molar-refractivity contribution in [3.05, 3.63) is 24.0 Å². The number of rotatable bonds is 5. The average molecular weight is 275 g/mol. The molecule has 0 bridgehead atoms. The van der Waals surface area contributed by atoms with E-state index in [4.69, 9.17) is 5.73 Å². The monoisotopic (exact) mass is 275 g/mol. The van der Waals surface area contributed by atoms with Crippen molar-refractivity contribution in [3.8, 4) is 0 Å². The lowest BCUT2D eigenvalue weighted by Crippen LogP contribution is -2.33. The maximum atomic E-state index is 13.0. The molecule has 100 valence electrons. The Bertz CT molecular complexity index is 525. The maximum absolute atomic E-state index is 13.0. The summed E-state index contributed by atoms with van der Waals surface area (Å²) in [5.74, 6) is -0.985. The Labute approximate surface area is 104 Å². The van der Waals surface area contributed by atoms with Crippen molar-refractivity contribution in [1.82, 2.24) is 10.0 Å². The molecule has 0 aliphatic rings. The van der Waals surface area contributed by atoms with Gasteiger partial charge in [-0.1, -0.05) is 0 Å². The number of carbonyl (C=O) groups excluding carboxylic acids is 1. The molecule has 1 amide bonds. The van der Waals surface area contributed by atoms with Crippen LogP contribution in [0.1, 0.15) is 6.92 Å². The van der Waals surface area contributed by atoms with Crippen LogP contribution < -0.4 is 15.8 Å². The number of hydrogen-bond acceptors (Lipinski definition) is 4. The third-order valence-corrected chi connectivity index (χ3v) is 3.44. The summed E-state index contributed by atoms with van der Waals surface area (Å²) in [5.41, 5.74) is 5.39. The van der Waals surface area contributed by atoms with Gasteiger partial charge in [0.1, 0.15) is 5.82 Å². The molecule has 0 heterocycles. The van der Waals surface area contributed by atoms with Gasteiger partial charge in [0.25, 0.3) is 0 Å². The van der Waals surface area contributed by atoms with Crippen molar-refractivity contribution < 1.29 is 17.6 Å². The lowest BCUT2D eigenvalue weighted by Gasteiger charge is -2.08. The molecule has 0 saturated carbocycles. The van der Waals surface area contributed by atoms with Crippen LogP contribution in [0.3, 0.4) is 0 Å². The second-order valence-corrected chi connectivity index (χ2v) is 5.37. The van der Waals surface area contributed by atoms with Crippen LogP contribution in [0.5, 0.6) is 0 Å². The molecule has 0 radical (unpaired) electrons. The average Bonchev–Trinajstić information content (AvgIpc) is 2.23. The number of nitrogens with two attached hydrogens (primary N) is 1. The molecule has 0 atom stereocenters. The van der Waals surface area contributed by atoms with E-state index >= 15 is 0 Å². The van der Waals surface area contributed by atoms with Gasteiger partial charge in [0.15, 0.2) is 0 Å². The van der Waals surface area contributed by atoms with Crippen LogP contribution in [0.15, 0.2) is 23.1 Å². The highest BCUT2D eigenvalue weighted by atomic mass is 32.2. The van der Waals surface area contributed by atoms with Crippen molar-refractivity contribution in [2.75, 3.05) is 18.8 Å². The number of amides is 1. The first-order valence-corrected chi connectivity index (χ1v) is 6.60. The number of carbonyl (C=O) groups is 1. The zero-order valence-electron chi connectivity index (χ0n) is 9.73. The van der Waals surface area contributed by atoms with Crippen LogP contribution in [0.4, 0.5) is 10.1 Å². The van der Waals surface area contributed by atoms with Crippen LogP contribution in [-0.4, -0.2) is 27.4 Å². The molecule has 0 aromatic heterocycles. The van der Waals surface area contributed by atoms with Gasteiger partial charge in [0.2, 0.25) is 15.9 Å². The molecule has 1 aromatic carbocycles. The highest BCUT2D eigenvalue weighted by Crippen LogP contribution is 2.15. The zero-order chi connectivity index (χ0) is 13.8. The molecule has 4 N–H and O–H groups in total. The fourth-order valence-electron chi connectivity index (χ4n) is 1.25. The van der Waals surface area contributed by atoms with Crippen molar-refractivity contribution in [2.45, 2.75) is 11.8 Å². The third kappa shape index (κ3) is 4.30. The molecule has 0 saturated heterocycles. The van der Waals surface area contributed by atoms with E-state index < -0.39 is 15.8 Å². The molecule has 0 aliphatic carbocycles. The minimum absolute atomic E-state index is 0.0122. The molecule has 0 unspecified atom stereocenters. The second kappa shape index (κ2) is 5.78. The first-order valence-electron chi connectivity index (χ1n) is 5.11. The quantitative estimate of drug-likeness (QED) is 0.512. The number of anilines is 1. The van der Waals surface area contributed by atoms with Gasteiger partial charge < -0.3 is 11.1 Å². The summed E-state index contributed by atoms with van der Waals surface area (Å²) in [4.78, 5) is 10.3. The maximum Gasteiger partial charge on any atom is 0.240 e. The van der Waals surface area contributed by atoms with Gasteiger partial charge in [-0.3, -0.25) is 4.79 Å². The molecular weight excluding hydrogens is 261 g/mol. The summed E-state index contributed by atoms with van der Waals surface area (Å²) >= 11 is 0. The normalized spacial score (nSPS) is 11.2. The van der Waals surface area contributed by atoms with E-state index in [9.17, 15) is 17.6 Å². The predicted molar refractivity (Wildman–Crippen MR) is 64.7 cm³/mol. The Morgan fingerprint density at radius 3 is 2.56 bits per heavy atom. The van der Waals surface area contributed by atoms with E-state index in [0.29, 0.717) is 0 Å². The van der Waals surface area contributed by atoms with E-state index in [0.717, 1.165) is 18.2 Å². The summed E-state index contributed by atoms with van der Waals surface area (Å²) in [6, 6.07) is 3.05. The molecule has 6 nitrogen and oxygen atoms in total. The van der Waals surface area contributed by atoms with Gasteiger partial charge in [0.05, 0.1) is 4.90 Å². The summed E-state index contributed by atoms with van der Waals surface area (Å²) in [7, 11) is -3.82. The van der Waals surface area contributed by atoms with Crippen molar-refractivity contribution in [3.63, 3.8) is 0 Å². The van der Waals surface area contributed by atoms with E-state index in [-0.39, 0.29) is 29.6 Å². The highest BCUT2D eigenvalue weighted by Gasteiger charge is 2.15. The molecular formula is C10H14FN3O3S. The van der Waals surface area contributed by atoms with E-state index in [2.05, 4.69) is 10.0 Å². The number of benzene rings is 1. The van der Waals surface area contributed by atoms with E-state index in [1.807, 2.05) is 0 Å². The van der Waals surface area contributed by atoms with Crippen molar-refractivity contribution in [1.29, 1.82) is 0 Å². The largest absolute Gasteiger partial charge is 0.399 e. The van der Waals surface area contributed by atoms with Crippen molar-refractivity contribution in [2.24, 2.45) is 0 Å². The Hall–Kier alpha value is -1.67. The first-order chi connectivity index (χ1) is 8.31. The fraction of sp³-hybridized carbons (Fsp3) is 0.300. The molecule has 0 spiro atoms. The first kappa shape index (κ1) is 14.4. The summed E-state index contributed by atoms with van der Waals surface area (Å²) in [6.45, 7) is 1.49.